The first-order valence-corrected chi connectivity index (χ1v) is 8.63. The highest BCUT2D eigenvalue weighted by atomic mass is 127. The molecule has 0 fully saturated rings. The largest absolute Gasteiger partial charge is 0.339 e. The van der Waals surface area contributed by atoms with E-state index >= 15 is 0 Å². The maximum atomic E-state index is 12.0. The van der Waals surface area contributed by atoms with Crippen molar-refractivity contribution in [1.29, 1.82) is 0 Å². The van der Waals surface area contributed by atoms with Crippen molar-refractivity contribution in [3.05, 3.63) is 63.6 Å². The molecule has 0 aliphatic rings. The van der Waals surface area contributed by atoms with Crippen molar-refractivity contribution >= 4 is 34.2 Å². The van der Waals surface area contributed by atoms with Gasteiger partial charge in [0.2, 0.25) is 17.6 Å². The molecule has 0 radical (unpaired) electrons. The Bertz CT molecular complexity index is 843. The first-order valence-electron chi connectivity index (χ1n) is 7.55. The van der Waals surface area contributed by atoms with Gasteiger partial charge in [-0.15, -0.1) is 0 Å². The Morgan fingerprint density at radius 2 is 2.00 bits per heavy atom. The van der Waals surface area contributed by atoms with Crippen LogP contribution in [0.25, 0.3) is 11.4 Å². The number of amides is 1. The number of benzene rings is 2. The van der Waals surface area contributed by atoms with Crippen LogP contribution in [-0.4, -0.2) is 16.0 Å². The number of carbonyl (C=O) groups is 1. The van der Waals surface area contributed by atoms with E-state index in [2.05, 4.69) is 38.0 Å². The van der Waals surface area contributed by atoms with Crippen LogP contribution < -0.4 is 5.32 Å². The monoisotopic (exact) mass is 433 g/mol. The third-order valence-corrected chi connectivity index (χ3v) is 4.16. The summed E-state index contributed by atoms with van der Waals surface area (Å²) in [6.45, 7) is 1.99. The van der Waals surface area contributed by atoms with Gasteiger partial charge in [-0.1, -0.05) is 29.4 Å². The van der Waals surface area contributed by atoms with Gasteiger partial charge in [0.05, 0.1) is 0 Å². The zero-order valence-corrected chi connectivity index (χ0v) is 15.3. The number of aromatic nitrogens is 2. The van der Waals surface area contributed by atoms with Crippen LogP contribution in [0.4, 0.5) is 5.69 Å². The molecule has 122 valence electrons. The maximum Gasteiger partial charge on any atom is 0.227 e. The molecular weight excluding hydrogens is 417 g/mol. The number of nitrogens with one attached hydrogen (secondary N) is 1. The van der Waals surface area contributed by atoms with Gasteiger partial charge >= 0.3 is 0 Å². The van der Waals surface area contributed by atoms with E-state index < -0.39 is 0 Å². The van der Waals surface area contributed by atoms with Crippen LogP contribution >= 0.6 is 22.6 Å². The Balaban J connectivity index is 1.57. The van der Waals surface area contributed by atoms with E-state index in [9.17, 15) is 4.79 Å². The van der Waals surface area contributed by atoms with Crippen LogP contribution in [0.5, 0.6) is 0 Å². The predicted octanol–water partition coefficient (Wildman–Crippen LogP) is 4.22. The number of halogens is 1. The van der Waals surface area contributed by atoms with Gasteiger partial charge in [0, 0.05) is 27.7 Å². The van der Waals surface area contributed by atoms with Crippen molar-refractivity contribution in [3.63, 3.8) is 0 Å². The molecule has 0 saturated carbocycles. The van der Waals surface area contributed by atoms with Crippen molar-refractivity contribution in [2.75, 3.05) is 5.32 Å². The number of hydrogen-bond acceptors (Lipinski definition) is 4. The minimum absolute atomic E-state index is 0.0744. The van der Waals surface area contributed by atoms with E-state index in [0.717, 1.165) is 20.4 Å². The van der Waals surface area contributed by atoms with Crippen LogP contribution in [0.1, 0.15) is 17.9 Å². The van der Waals surface area contributed by atoms with Crippen molar-refractivity contribution < 1.29 is 9.32 Å². The van der Waals surface area contributed by atoms with Gasteiger partial charge in [0.1, 0.15) is 0 Å². The quantitative estimate of drug-likeness (QED) is 0.612. The summed E-state index contributed by atoms with van der Waals surface area (Å²) in [7, 11) is 0. The van der Waals surface area contributed by atoms with Crippen LogP contribution in [0, 0.1) is 10.5 Å². The number of nitrogens with zero attached hydrogens (tertiary/aromatic N) is 2. The summed E-state index contributed by atoms with van der Waals surface area (Å²) in [6, 6.07) is 15.6. The molecule has 0 unspecified atom stereocenters. The summed E-state index contributed by atoms with van der Waals surface area (Å²) in [5.41, 5.74) is 2.80. The number of rotatable bonds is 5. The normalized spacial score (nSPS) is 10.6. The lowest BCUT2D eigenvalue weighted by molar-refractivity contribution is -0.116. The third kappa shape index (κ3) is 4.41. The van der Waals surface area contributed by atoms with Crippen molar-refractivity contribution in [2.24, 2.45) is 0 Å². The van der Waals surface area contributed by atoms with E-state index in [4.69, 9.17) is 4.52 Å². The summed E-state index contributed by atoms with van der Waals surface area (Å²) in [4.78, 5) is 16.4. The zero-order chi connectivity index (χ0) is 16.9. The van der Waals surface area contributed by atoms with Crippen molar-refractivity contribution in [2.45, 2.75) is 19.8 Å². The molecule has 0 aliphatic heterocycles. The Kier molecular flexibility index (Phi) is 5.24. The van der Waals surface area contributed by atoms with Gasteiger partial charge in [-0.05, 0) is 59.3 Å². The molecule has 2 aromatic carbocycles. The highest BCUT2D eigenvalue weighted by molar-refractivity contribution is 14.1. The first kappa shape index (κ1) is 16.6. The molecule has 0 saturated heterocycles. The molecule has 6 heteroatoms. The Labute approximate surface area is 153 Å². The molecule has 1 aromatic heterocycles. The number of carbonyl (C=O) groups excluding carboxylic acids is 1. The molecule has 1 amide bonds. The lowest BCUT2D eigenvalue weighted by Gasteiger charge is -2.04. The van der Waals surface area contributed by atoms with E-state index in [1.807, 2.05) is 55.5 Å². The SMILES string of the molecule is Cc1cccc(NC(=O)CCc2nc(-c3ccc(I)cc3)no2)c1. The summed E-state index contributed by atoms with van der Waals surface area (Å²) in [5.74, 6) is 0.929. The standard InChI is InChI=1S/C18H16IN3O2/c1-12-3-2-4-15(11-12)20-16(23)9-10-17-21-18(22-24-17)13-5-7-14(19)8-6-13/h2-8,11H,9-10H2,1H3,(H,20,23). The lowest BCUT2D eigenvalue weighted by Crippen LogP contribution is -2.12. The number of anilines is 1. The summed E-state index contributed by atoms with van der Waals surface area (Å²) >= 11 is 2.24. The molecule has 0 spiro atoms. The Hall–Kier alpha value is -2.22. The average Bonchev–Trinajstić information content (AvgIpc) is 3.03. The van der Waals surface area contributed by atoms with E-state index in [1.165, 1.54) is 0 Å². The Morgan fingerprint density at radius 1 is 1.21 bits per heavy atom. The summed E-state index contributed by atoms with van der Waals surface area (Å²) in [6.07, 6.45) is 0.706. The van der Waals surface area contributed by atoms with Gasteiger partial charge in [0.15, 0.2) is 0 Å². The average molecular weight is 433 g/mol. The topological polar surface area (TPSA) is 68.0 Å². The van der Waals surface area contributed by atoms with Crippen LogP contribution in [0.2, 0.25) is 0 Å². The molecule has 1 heterocycles. The smallest absolute Gasteiger partial charge is 0.227 e. The molecule has 5 nitrogen and oxygen atoms in total. The predicted molar refractivity (Wildman–Crippen MR) is 101 cm³/mol. The number of hydrogen-bond donors (Lipinski definition) is 1. The minimum Gasteiger partial charge on any atom is -0.339 e. The fourth-order valence-electron chi connectivity index (χ4n) is 2.24. The zero-order valence-electron chi connectivity index (χ0n) is 13.1. The van der Waals surface area contributed by atoms with E-state index in [1.54, 1.807) is 0 Å². The second-order valence-electron chi connectivity index (χ2n) is 5.44. The summed E-state index contributed by atoms with van der Waals surface area (Å²) in [5, 5.41) is 6.84. The minimum atomic E-state index is -0.0744. The molecule has 1 N–H and O–H groups in total. The van der Waals surface area contributed by atoms with Gasteiger partial charge < -0.3 is 9.84 Å². The van der Waals surface area contributed by atoms with E-state index in [0.29, 0.717) is 24.6 Å². The Morgan fingerprint density at radius 3 is 2.75 bits per heavy atom. The molecule has 3 rings (SSSR count). The van der Waals surface area contributed by atoms with Gasteiger partial charge in [-0.3, -0.25) is 4.79 Å². The fourth-order valence-corrected chi connectivity index (χ4v) is 2.60. The second-order valence-corrected chi connectivity index (χ2v) is 6.68. The summed E-state index contributed by atoms with van der Waals surface area (Å²) < 4.78 is 6.37. The van der Waals surface area contributed by atoms with Crippen molar-refractivity contribution in [1.82, 2.24) is 10.1 Å². The molecule has 0 bridgehead atoms. The van der Waals surface area contributed by atoms with Gasteiger partial charge in [-0.25, -0.2) is 0 Å². The maximum absolute atomic E-state index is 12.0. The first-order chi connectivity index (χ1) is 11.6. The second kappa shape index (κ2) is 7.57. The highest BCUT2D eigenvalue weighted by Gasteiger charge is 2.11. The molecule has 0 aliphatic carbocycles. The van der Waals surface area contributed by atoms with Crippen LogP contribution in [0.15, 0.2) is 53.1 Å². The third-order valence-electron chi connectivity index (χ3n) is 3.44. The van der Waals surface area contributed by atoms with Gasteiger partial charge in [-0.2, -0.15) is 4.98 Å². The number of aryl methyl sites for hydroxylation is 2. The highest BCUT2D eigenvalue weighted by Crippen LogP contribution is 2.18. The van der Waals surface area contributed by atoms with Crippen molar-refractivity contribution in [3.8, 4) is 11.4 Å². The molecule has 3 aromatic rings. The van der Waals surface area contributed by atoms with Gasteiger partial charge in [0.25, 0.3) is 0 Å². The van der Waals surface area contributed by atoms with Crippen LogP contribution in [0.3, 0.4) is 0 Å². The molecule has 24 heavy (non-hydrogen) atoms. The molecular formula is C18H16IN3O2. The molecule has 0 atom stereocenters. The fraction of sp³-hybridized carbons (Fsp3) is 0.167. The van der Waals surface area contributed by atoms with Crippen LogP contribution in [-0.2, 0) is 11.2 Å². The van der Waals surface area contributed by atoms with E-state index in [-0.39, 0.29) is 5.91 Å². The lowest BCUT2D eigenvalue weighted by atomic mass is 10.2.